The third kappa shape index (κ3) is 1.65. The zero-order valence-corrected chi connectivity index (χ0v) is 12.0. The van der Waals surface area contributed by atoms with Crippen LogP contribution in [-0.2, 0) is 5.41 Å². The summed E-state index contributed by atoms with van der Waals surface area (Å²) >= 11 is 0. The molecule has 1 nitrogen and oxygen atoms in total. The van der Waals surface area contributed by atoms with Gasteiger partial charge in [0, 0.05) is 18.2 Å². The number of nitrogens with zero attached hydrogens (tertiary/aromatic N) is 1. The molecule has 0 atom stereocenters. The van der Waals surface area contributed by atoms with Gasteiger partial charge in [-0.05, 0) is 40.8 Å². The molecule has 0 radical (unpaired) electrons. The highest BCUT2D eigenvalue weighted by molar-refractivity contribution is 6.00. The molecule has 96 valence electrons. The first-order valence-electron chi connectivity index (χ1n) is 6.74. The smallest absolute Gasteiger partial charge is 0.0386 e. The van der Waals surface area contributed by atoms with Crippen LogP contribution in [0.25, 0.3) is 11.1 Å². The van der Waals surface area contributed by atoms with E-state index in [0.29, 0.717) is 0 Å². The van der Waals surface area contributed by atoms with E-state index >= 15 is 0 Å². The van der Waals surface area contributed by atoms with Gasteiger partial charge in [-0.15, -0.1) is 0 Å². The fourth-order valence-corrected chi connectivity index (χ4v) is 3.06. The van der Waals surface area contributed by atoms with E-state index in [0.717, 1.165) is 5.71 Å². The van der Waals surface area contributed by atoms with Crippen LogP contribution in [0.1, 0.15) is 37.5 Å². The normalized spacial score (nSPS) is 16.1. The van der Waals surface area contributed by atoms with Crippen molar-refractivity contribution < 1.29 is 0 Å². The SMILES string of the molecule is CN=C(C)c1ccc2c(c1)C(C)(C)c1ccccc1-2. The Balaban J connectivity index is 2.27. The molecule has 0 bridgehead atoms. The average Bonchev–Trinajstić information content (AvgIpc) is 2.67. The fourth-order valence-electron chi connectivity index (χ4n) is 3.06. The maximum atomic E-state index is 4.30. The molecular formula is C18H19N. The predicted octanol–water partition coefficient (Wildman–Crippen LogP) is 4.43. The lowest BCUT2D eigenvalue weighted by Crippen LogP contribution is -2.15. The molecule has 0 amide bonds. The molecule has 0 saturated heterocycles. The molecular weight excluding hydrogens is 230 g/mol. The van der Waals surface area contributed by atoms with Crippen molar-refractivity contribution in [1.29, 1.82) is 0 Å². The third-order valence-electron chi connectivity index (χ3n) is 4.34. The van der Waals surface area contributed by atoms with Crippen LogP contribution in [0.4, 0.5) is 0 Å². The van der Waals surface area contributed by atoms with Crippen molar-refractivity contribution in [2.75, 3.05) is 7.05 Å². The molecule has 1 aliphatic rings. The summed E-state index contributed by atoms with van der Waals surface area (Å²) in [5.41, 5.74) is 7.98. The van der Waals surface area contributed by atoms with Crippen molar-refractivity contribution in [3.8, 4) is 11.1 Å². The minimum Gasteiger partial charge on any atom is -0.293 e. The van der Waals surface area contributed by atoms with E-state index < -0.39 is 0 Å². The second-order valence-corrected chi connectivity index (χ2v) is 5.74. The first kappa shape index (κ1) is 12.2. The van der Waals surface area contributed by atoms with E-state index in [1.165, 1.54) is 27.8 Å². The Morgan fingerprint density at radius 1 is 0.947 bits per heavy atom. The maximum absolute atomic E-state index is 4.30. The van der Waals surface area contributed by atoms with Crippen molar-refractivity contribution in [1.82, 2.24) is 0 Å². The Labute approximate surface area is 115 Å². The lowest BCUT2D eigenvalue weighted by atomic mass is 9.82. The van der Waals surface area contributed by atoms with Gasteiger partial charge in [-0.2, -0.15) is 0 Å². The summed E-state index contributed by atoms with van der Waals surface area (Å²) in [4.78, 5) is 4.30. The number of benzene rings is 2. The maximum Gasteiger partial charge on any atom is 0.0386 e. The van der Waals surface area contributed by atoms with Gasteiger partial charge in [0.15, 0.2) is 0 Å². The highest BCUT2D eigenvalue weighted by atomic mass is 14.7. The fraction of sp³-hybridized carbons (Fsp3) is 0.278. The van der Waals surface area contributed by atoms with Crippen LogP contribution in [0.15, 0.2) is 47.5 Å². The molecule has 0 aromatic heterocycles. The summed E-state index contributed by atoms with van der Waals surface area (Å²) in [7, 11) is 1.85. The minimum atomic E-state index is 0.0793. The van der Waals surface area contributed by atoms with Gasteiger partial charge in [0.2, 0.25) is 0 Å². The van der Waals surface area contributed by atoms with Crippen LogP contribution < -0.4 is 0 Å². The van der Waals surface area contributed by atoms with E-state index in [2.05, 4.69) is 68.2 Å². The highest BCUT2D eigenvalue weighted by Crippen LogP contribution is 2.48. The molecule has 2 aromatic carbocycles. The molecule has 0 N–H and O–H groups in total. The molecule has 0 aliphatic heterocycles. The molecule has 0 saturated carbocycles. The molecule has 19 heavy (non-hydrogen) atoms. The van der Waals surface area contributed by atoms with Crippen LogP contribution in [0.5, 0.6) is 0 Å². The highest BCUT2D eigenvalue weighted by Gasteiger charge is 2.35. The van der Waals surface area contributed by atoms with Gasteiger partial charge >= 0.3 is 0 Å². The number of aliphatic imine (C=N–C) groups is 1. The van der Waals surface area contributed by atoms with Gasteiger partial charge in [0.1, 0.15) is 0 Å². The van der Waals surface area contributed by atoms with Crippen LogP contribution >= 0.6 is 0 Å². The van der Waals surface area contributed by atoms with E-state index in [9.17, 15) is 0 Å². The summed E-state index contributed by atoms with van der Waals surface area (Å²) in [5.74, 6) is 0. The predicted molar refractivity (Wildman–Crippen MR) is 82.1 cm³/mol. The Hall–Kier alpha value is -1.89. The minimum absolute atomic E-state index is 0.0793. The number of hydrogen-bond donors (Lipinski definition) is 0. The molecule has 2 aromatic rings. The Morgan fingerprint density at radius 2 is 1.63 bits per heavy atom. The van der Waals surface area contributed by atoms with Crippen LogP contribution in [-0.4, -0.2) is 12.8 Å². The summed E-state index contributed by atoms with van der Waals surface area (Å²) in [6.45, 7) is 6.68. The largest absolute Gasteiger partial charge is 0.293 e. The van der Waals surface area contributed by atoms with Gasteiger partial charge in [0.05, 0.1) is 0 Å². The number of rotatable bonds is 1. The zero-order chi connectivity index (χ0) is 13.6. The summed E-state index contributed by atoms with van der Waals surface area (Å²) in [6.07, 6.45) is 0. The molecule has 3 rings (SSSR count). The van der Waals surface area contributed by atoms with E-state index in [-0.39, 0.29) is 5.41 Å². The van der Waals surface area contributed by atoms with Gasteiger partial charge in [-0.1, -0.05) is 50.2 Å². The Bertz CT molecular complexity index is 678. The lowest BCUT2D eigenvalue weighted by molar-refractivity contribution is 0.660. The van der Waals surface area contributed by atoms with Crippen molar-refractivity contribution in [3.63, 3.8) is 0 Å². The lowest BCUT2D eigenvalue weighted by Gasteiger charge is -2.21. The van der Waals surface area contributed by atoms with E-state index in [4.69, 9.17) is 0 Å². The topological polar surface area (TPSA) is 12.4 Å². The van der Waals surface area contributed by atoms with Gasteiger partial charge in [0.25, 0.3) is 0 Å². The van der Waals surface area contributed by atoms with Gasteiger partial charge in [-0.3, -0.25) is 4.99 Å². The third-order valence-corrected chi connectivity index (χ3v) is 4.34. The van der Waals surface area contributed by atoms with Gasteiger partial charge in [-0.25, -0.2) is 0 Å². The van der Waals surface area contributed by atoms with Crippen molar-refractivity contribution in [2.45, 2.75) is 26.2 Å². The first-order chi connectivity index (χ1) is 9.05. The molecule has 0 heterocycles. The summed E-state index contributed by atoms with van der Waals surface area (Å²) in [5, 5.41) is 0. The van der Waals surface area contributed by atoms with Crippen LogP contribution in [0.2, 0.25) is 0 Å². The number of hydrogen-bond acceptors (Lipinski definition) is 1. The monoisotopic (exact) mass is 249 g/mol. The zero-order valence-electron chi connectivity index (χ0n) is 12.0. The second kappa shape index (κ2) is 4.06. The summed E-state index contributed by atoms with van der Waals surface area (Å²) < 4.78 is 0. The van der Waals surface area contributed by atoms with Gasteiger partial charge < -0.3 is 0 Å². The second-order valence-electron chi connectivity index (χ2n) is 5.74. The summed E-state index contributed by atoms with van der Waals surface area (Å²) in [6, 6.07) is 15.5. The molecule has 0 fully saturated rings. The van der Waals surface area contributed by atoms with Crippen molar-refractivity contribution in [2.24, 2.45) is 4.99 Å². The Morgan fingerprint density at radius 3 is 2.37 bits per heavy atom. The van der Waals surface area contributed by atoms with Crippen molar-refractivity contribution >= 4 is 5.71 Å². The first-order valence-corrected chi connectivity index (χ1v) is 6.74. The van der Waals surface area contributed by atoms with E-state index in [1.54, 1.807) is 0 Å². The standard InChI is InChI=1S/C18H19N/c1-12(19-4)13-9-10-15-14-7-5-6-8-16(14)18(2,3)17(15)11-13/h5-11H,1-4H3. The quantitative estimate of drug-likeness (QED) is 0.663. The number of fused-ring (bicyclic) bond motifs is 3. The molecule has 0 unspecified atom stereocenters. The van der Waals surface area contributed by atoms with Crippen LogP contribution in [0, 0.1) is 0 Å². The van der Waals surface area contributed by atoms with Crippen LogP contribution in [0.3, 0.4) is 0 Å². The van der Waals surface area contributed by atoms with E-state index in [1.807, 2.05) is 7.05 Å². The Kier molecular flexibility index (Phi) is 2.60. The molecule has 1 heteroatoms. The van der Waals surface area contributed by atoms with Crippen molar-refractivity contribution in [3.05, 3.63) is 59.2 Å². The average molecular weight is 249 g/mol. The molecule has 1 aliphatic carbocycles. The molecule has 0 spiro atoms.